The van der Waals surface area contributed by atoms with Gasteiger partial charge in [-0.1, -0.05) is 0 Å². The van der Waals surface area contributed by atoms with Crippen LogP contribution in [0.2, 0.25) is 0 Å². The molecule has 1 aromatic carbocycles. The average Bonchev–Trinajstić information content (AvgIpc) is 2.86. The van der Waals surface area contributed by atoms with Crippen LogP contribution in [0.4, 0.5) is 0 Å². The molecule has 0 unspecified atom stereocenters. The third kappa shape index (κ3) is 2.39. The van der Waals surface area contributed by atoms with Gasteiger partial charge in [0, 0.05) is 18.2 Å². The zero-order valence-electron chi connectivity index (χ0n) is 9.77. The van der Waals surface area contributed by atoms with Gasteiger partial charge in [0.15, 0.2) is 0 Å². The molecule has 5 heteroatoms. The van der Waals surface area contributed by atoms with E-state index in [9.17, 15) is 0 Å². The van der Waals surface area contributed by atoms with Gasteiger partial charge in [-0.05, 0) is 12.1 Å². The summed E-state index contributed by atoms with van der Waals surface area (Å²) >= 11 is 0. The molecule has 0 aliphatic carbocycles. The molecule has 0 fully saturated rings. The van der Waals surface area contributed by atoms with Gasteiger partial charge < -0.3 is 19.6 Å². The van der Waals surface area contributed by atoms with Crippen LogP contribution in [0.5, 0.6) is 11.5 Å². The first-order valence-corrected chi connectivity index (χ1v) is 5.14. The van der Waals surface area contributed by atoms with Crippen molar-refractivity contribution in [2.75, 3.05) is 14.2 Å². The number of benzene rings is 1. The number of nitrogens with zero attached hydrogens (tertiary/aromatic N) is 1. The predicted molar refractivity (Wildman–Crippen MR) is 62.9 cm³/mol. The van der Waals surface area contributed by atoms with E-state index in [-0.39, 0.29) is 0 Å². The summed E-state index contributed by atoms with van der Waals surface area (Å²) in [4.78, 5) is 4.25. The number of hydrogen-bond donors (Lipinski definition) is 1. The van der Waals surface area contributed by atoms with Crippen LogP contribution < -0.4 is 15.2 Å². The molecule has 0 spiro atoms. The van der Waals surface area contributed by atoms with Crippen molar-refractivity contribution in [2.24, 2.45) is 5.73 Å². The Labute approximate surface area is 99.2 Å². The largest absolute Gasteiger partial charge is 0.497 e. The third-order valence-electron chi connectivity index (χ3n) is 2.36. The normalized spacial score (nSPS) is 10.3. The highest BCUT2D eigenvalue weighted by atomic mass is 16.5. The van der Waals surface area contributed by atoms with Crippen LogP contribution in [0.3, 0.4) is 0 Å². The van der Waals surface area contributed by atoms with Gasteiger partial charge in [0.1, 0.15) is 17.8 Å². The molecule has 0 saturated carbocycles. The van der Waals surface area contributed by atoms with Gasteiger partial charge in [-0.15, -0.1) is 0 Å². The Morgan fingerprint density at radius 1 is 1.18 bits per heavy atom. The quantitative estimate of drug-likeness (QED) is 0.873. The van der Waals surface area contributed by atoms with Crippen molar-refractivity contribution < 1.29 is 13.9 Å². The highest BCUT2D eigenvalue weighted by Crippen LogP contribution is 2.29. The number of ether oxygens (including phenoxy) is 2. The van der Waals surface area contributed by atoms with E-state index in [1.54, 1.807) is 26.5 Å². The Kier molecular flexibility index (Phi) is 3.30. The second-order valence-corrected chi connectivity index (χ2v) is 3.45. The molecule has 2 aromatic rings. The topological polar surface area (TPSA) is 70.5 Å². The molecule has 0 amide bonds. The van der Waals surface area contributed by atoms with Crippen LogP contribution in [0.15, 0.2) is 28.9 Å². The van der Waals surface area contributed by atoms with Crippen LogP contribution in [0, 0.1) is 0 Å². The number of hydrogen-bond acceptors (Lipinski definition) is 5. The predicted octanol–water partition coefficient (Wildman–Crippen LogP) is 1.82. The van der Waals surface area contributed by atoms with Crippen LogP contribution in [-0.2, 0) is 6.54 Å². The van der Waals surface area contributed by atoms with E-state index in [1.807, 2.05) is 12.1 Å². The molecule has 0 atom stereocenters. The Morgan fingerprint density at radius 2 is 1.82 bits per heavy atom. The minimum Gasteiger partial charge on any atom is -0.497 e. The molecule has 0 bridgehead atoms. The van der Waals surface area contributed by atoms with Crippen molar-refractivity contribution in [3.8, 4) is 23.0 Å². The summed E-state index contributed by atoms with van der Waals surface area (Å²) in [6.07, 6.45) is 1.54. The maximum Gasteiger partial charge on any atom is 0.226 e. The number of methoxy groups -OCH3 is 2. The summed E-state index contributed by atoms with van der Waals surface area (Å²) in [7, 11) is 3.19. The number of aromatic nitrogens is 1. The SMILES string of the molecule is COc1cc(OC)cc(-c2nc(CN)co2)c1. The van der Waals surface area contributed by atoms with E-state index >= 15 is 0 Å². The fourth-order valence-electron chi connectivity index (χ4n) is 1.46. The minimum atomic E-state index is 0.352. The van der Waals surface area contributed by atoms with E-state index in [0.29, 0.717) is 29.6 Å². The van der Waals surface area contributed by atoms with Gasteiger partial charge in [0.2, 0.25) is 5.89 Å². The molecule has 17 heavy (non-hydrogen) atoms. The van der Waals surface area contributed by atoms with Crippen LogP contribution in [0.25, 0.3) is 11.5 Å². The average molecular weight is 234 g/mol. The monoisotopic (exact) mass is 234 g/mol. The molecule has 1 heterocycles. The molecule has 0 radical (unpaired) electrons. The van der Waals surface area contributed by atoms with Gasteiger partial charge in [0.25, 0.3) is 0 Å². The first-order valence-electron chi connectivity index (χ1n) is 5.14. The number of rotatable bonds is 4. The second kappa shape index (κ2) is 4.88. The van der Waals surface area contributed by atoms with Crippen molar-refractivity contribution in [3.05, 3.63) is 30.2 Å². The first kappa shape index (κ1) is 11.5. The van der Waals surface area contributed by atoms with E-state index in [4.69, 9.17) is 19.6 Å². The van der Waals surface area contributed by atoms with E-state index in [0.717, 1.165) is 5.56 Å². The summed E-state index contributed by atoms with van der Waals surface area (Å²) in [6, 6.07) is 5.44. The van der Waals surface area contributed by atoms with Crippen molar-refractivity contribution in [2.45, 2.75) is 6.54 Å². The Bertz CT molecular complexity index is 486. The van der Waals surface area contributed by atoms with Gasteiger partial charge in [-0.3, -0.25) is 0 Å². The molecule has 2 N–H and O–H groups in total. The number of oxazole rings is 1. The summed E-state index contributed by atoms with van der Waals surface area (Å²) in [5.41, 5.74) is 6.98. The Balaban J connectivity index is 2.43. The van der Waals surface area contributed by atoms with E-state index < -0.39 is 0 Å². The van der Waals surface area contributed by atoms with Crippen LogP contribution in [-0.4, -0.2) is 19.2 Å². The number of nitrogens with two attached hydrogens (primary N) is 1. The molecule has 5 nitrogen and oxygen atoms in total. The molecule has 0 aliphatic rings. The molecule has 1 aromatic heterocycles. The summed E-state index contributed by atoms with van der Waals surface area (Å²) in [5, 5.41) is 0. The molecule has 0 saturated heterocycles. The Hall–Kier alpha value is -2.01. The van der Waals surface area contributed by atoms with Gasteiger partial charge in [-0.25, -0.2) is 4.98 Å². The Morgan fingerprint density at radius 3 is 2.29 bits per heavy atom. The lowest BCUT2D eigenvalue weighted by Gasteiger charge is -2.05. The van der Waals surface area contributed by atoms with Gasteiger partial charge >= 0.3 is 0 Å². The van der Waals surface area contributed by atoms with Crippen LogP contribution in [0.1, 0.15) is 5.69 Å². The van der Waals surface area contributed by atoms with E-state index in [2.05, 4.69) is 4.98 Å². The van der Waals surface area contributed by atoms with Crippen molar-refractivity contribution in [1.82, 2.24) is 4.98 Å². The summed E-state index contributed by atoms with van der Waals surface area (Å²) < 4.78 is 15.7. The minimum absolute atomic E-state index is 0.352. The zero-order chi connectivity index (χ0) is 12.3. The first-order chi connectivity index (χ1) is 8.26. The highest BCUT2D eigenvalue weighted by Gasteiger charge is 2.09. The second-order valence-electron chi connectivity index (χ2n) is 3.45. The molecular weight excluding hydrogens is 220 g/mol. The fraction of sp³-hybridized carbons (Fsp3) is 0.250. The maximum atomic E-state index is 5.48. The summed E-state index contributed by atoms with van der Waals surface area (Å²) in [5.74, 6) is 1.88. The van der Waals surface area contributed by atoms with Gasteiger partial charge in [0.05, 0.1) is 19.9 Å². The smallest absolute Gasteiger partial charge is 0.226 e. The maximum absolute atomic E-state index is 5.48. The van der Waals surface area contributed by atoms with Crippen LogP contribution >= 0.6 is 0 Å². The lowest BCUT2D eigenvalue weighted by Crippen LogP contribution is -1.95. The molecule has 90 valence electrons. The highest BCUT2D eigenvalue weighted by molar-refractivity contribution is 5.59. The fourth-order valence-corrected chi connectivity index (χ4v) is 1.46. The zero-order valence-corrected chi connectivity index (χ0v) is 9.77. The molecular formula is C12H14N2O3. The van der Waals surface area contributed by atoms with Crippen molar-refractivity contribution in [1.29, 1.82) is 0 Å². The standard InChI is InChI=1S/C12H14N2O3/c1-15-10-3-8(4-11(5-10)16-2)12-14-9(6-13)7-17-12/h3-5,7H,6,13H2,1-2H3. The summed E-state index contributed by atoms with van der Waals surface area (Å²) in [6.45, 7) is 0.352. The van der Waals surface area contributed by atoms with Gasteiger partial charge in [-0.2, -0.15) is 0 Å². The lowest BCUT2D eigenvalue weighted by molar-refractivity contribution is 0.394. The van der Waals surface area contributed by atoms with Crippen molar-refractivity contribution in [3.63, 3.8) is 0 Å². The molecule has 2 rings (SSSR count). The molecule has 0 aliphatic heterocycles. The lowest BCUT2D eigenvalue weighted by atomic mass is 10.2. The van der Waals surface area contributed by atoms with Crippen molar-refractivity contribution >= 4 is 0 Å². The third-order valence-corrected chi connectivity index (χ3v) is 2.36. The van der Waals surface area contributed by atoms with E-state index in [1.165, 1.54) is 0 Å².